The maximum atomic E-state index is 9.40. The van der Waals surface area contributed by atoms with Crippen molar-refractivity contribution < 1.29 is 5.11 Å². The van der Waals surface area contributed by atoms with Crippen molar-refractivity contribution in [3.05, 3.63) is 34.9 Å². The van der Waals surface area contributed by atoms with Crippen LogP contribution in [0, 0.1) is 13.8 Å². The summed E-state index contributed by atoms with van der Waals surface area (Å²) >= 11 is 0. The fourth-order valence-electron chi connectivity index (χ4n) is 1.59. The van der Waals surface area contributed by atoms with Gasteiger partial charge in [-0.05, 0) is 37.5 Å². The number of hydrogen-bond acceptors (Lipinski definition) is 2. The first kappa shape index (κ1) is 10.2. The van der Waals surface area contributed by atoms with E-state index in [1.54, 1.807) is 6.92 Å². The van der Waals surface area contributed by atoms with Gasteiger partial charge < -0.3 is 10.8 Å². The lowest BCUT2D eigenvalue weighted by Crippen LogP contribution is -2.24. The van der Waals surface area contributed by atoms with E-state index in [0.29, 0.717) is 0 Å². The molecule has 13 heavy (non-hydrogen) atoms. The van der Waals surface area contributed by atoms with Crippen LogP contribution >= 0.6 is 0 Å². The standard InChI is InChI=1S/C11H17NO/c1-7-5-4-6-8(2)10(7)11(12)9(3)13/h4-6,9,11,13H,12H2,1-3H3/t9-,11-/m1/s1. The molecule has 0 saturated carbocycles. The molecule has 1 aromatic rings. The van der Waals surface area contributed by atoms with E-state index in [-0.39, 0.29) is 6.04 Å². The number of benzene rings is 1. The van der Waals surface area contributed by atoms with Gasteiger partial charge in [0, 0.05) is 0 Å². The largest absolute Gasteiger partial charge is 0.391 e. The highest BCUT2D eigenvalue weighted by atomic mass is 16.3. The highest BCUT2D eigenvalue weighted by Gasteiger charge is 2.15. The summed E-state index contributed by atoms with van der Waals surface area (Å²) in [5.41, 5.74) is 9.25. The average molecular weight is 179 g/mol. The summed E-state index contributed by atoms with van der Waals surface area (Å²) in [6, 6.07) is 5.76. The van der Waals surface area contributed by atoms with Crippen LogP contribution in [0.15, 0.2) is 18.2 Å². The Bertz CT molecular complexity index is 274. The van der Waals surface area contributed by atoms with Crippen LogP contribution in [0.5, 0.6) is 0 Å². The van der Waals surface area contributed by atoms with Crippen LogP contribution in [0.2, 0.25) is 0 Å². The van der Waals surface area contributed by atoms with Gasteiger partial charge in [-0.2, -0.15) is 0 Å². The molecule has 0 aliphatic heterocycles. The molecule has 0 aliphatic carbocycles. The van der Waals surface area contributed by atoms with Gasteiger partial charge in [0.1, 0.15) is 0 Å². The number of aliphatic hydroxyl groups is 1. The maximum Gasteiger partial charge on any atom is 0.0704 e. The molecule has 3 N–H and O–H groups in total. The molecule has 2 atom stereocenters. The zero-order valence-corrected chi connectivity index (χ0v) is 8.41. The summed E-state index contributed by atoms with van der Waals surface area (Å²) in [5, 5.41) is 9.40. The molecular weight excluding hydrogens is 162 g/mol. The second-order valence-corrected chi connectivity index (χ2v) is 3.57. The Kier molecular flexibility index (Phi) is 3.07. The van der Waals surface area contributed by atoms with E-state index in [4.69, 9.17) is 5.73 Å². The van der Waals surface area contributed by atoms with E-state index >= 15 is 0 Å². The first-order valence-corrected chi connectivity index (χ1v) is 4.53. The van der Waals surface area contributed by atoms with Crippen molar-refractivity contribution in [1.82, 2.24) is 0 Å². The van der Waals surface area contributed by atoms with Crippen molar-refractivity contribution in [1.29, 1.82) is 0 Å². The first-order chi connectivity index (χ1) is 6.04. The third kappa shape index (κ3) is 2.08. The second kappa shape index (κ2) is 3.90. The zero-order chi connectivity index (χ0) is 10.0. The predicted octanol–water partition coefficient (Wildman–Crippen LogP) is 1.68. The van der Waals surface area contributed by atoms with Gasteiger partial charge in [-0.1, -0.05) is 18.2 Å². The van der Waals surface area contributed by atoms with Gasteiger partial charge in [0.25, 0.3) is 0 Å². The maximum absolute atomic E-state index is 9.40. The van der Waals surface area contributed by atoms with Gasteiger partial charge in [0.05, 0.1) is 12.1 Å². The summed E-state index contributed by atoms with van der Waals surface area (Å²) in [6.45, 7) is 5.76. The molecule has 2 nitrogen and oxygen atoms in total. The molecule has 1 rings (SSSR count). The third-order valence-electron chi connectivity index (χ3n) is 2.40. The Morgan fingerprint density at radius 1 is 1.23 bits per heavy atom. The molecule has 1 aromatic carbocycles. The van der Waals surface area contributed by atoms with Gasteiger partial charge in [-0.25, -0.2) is 0 Å². The predicted molar refractivity (Wildman–Crippen MR) is 54.5 cm³/mol. The van der Waals surface area contributed by atoms with Gasteiger partial charge in [0.15, 0.2) is 0 Å². The molecule has 0 heterocycles. The number of nitrogens with two attached hydrogens (primary N) is 1. The van der Waals surface area contributed by atoms with Crippen LogP contribution in [-0.2, 0) is 0 Å². The number of hydrogen-bond donors (Lipinski definition) is 2. The molecule has 72 valence electrons. The third-order valence-corrected chi connectivity index (χ3v) is 2.40. The zero-order valence-electron chi connectivity index (χ0n) is 8.41. The Balaban J connectivity index is 3.12. The highest BCUT2D eigenvalue weighted by Crippen LogP contribution is 2.22. The van der Waals surface area contributed by atoms with Gasteiger partial charge >= 0.3 is 0 Å². The molecule has 0 aliphatic rings. The molecule has 0 spiro atoms. The number of rotatable bonds is 2. The number of aliphatic hydroxyl groups excluding tert-OH is 1. The van der Waals surface area contributed by atoms with Crippen LogP contribution in [0.4, 0.5) is 0 Å². The van der Waals surface area contributed by atoms with Crippen molar-refractivity contribution in [3.63, 3.8) is 0 Å². The van der Waals surface area contributed by atoms with Gasteiger partial charge in [-0.3, -0.25) is 0 Å². The second-order valence-electron chi connectivity index (χ2n) is 3.57. The lowest BCUT2D eigenvalue weighted by atomic mass is 9.94. The highest BCUT2D eigenvalue weighted by molar-refractivity contribution is 5.36. The van der Waals surface area contributed by atoms with E-state index < -0.39 is 6.10 Å². The molecular formula is C11H17NO. The molecule has 0 amide bonds. The lowest BCUT2D eigenvalue weighted by molar-refractivity contribution is 0.163. The SMILES string of the molecule is Cc1cccc(C)c1[C@H](N)[C@@H](C)O. The van der Waals surface area contributed by atoms with Crippen LogP contribution in [0.1, 0.15) is 29.7 Å². The average Bonchev–Trinajstić information content (AvgIpc) is 2.03. The summed E-state index contributed by atoms with van der Waals surface area (Å²) in [6.07, 6.45) is -0.500. The fourth-order valence-corrected chi connectivity index (χ4v) is 1.59. The molecule has 0 fully saturated rings. The van der Waals surface area contributed by atoms with Gasteiger partial charge in [-0.15, -0.1) is 0 Å². The Labute approximate surface area is 79.4 Å². The minimum absolute atomic E-state index is 0.277. The van der Waals surface area contributed by atoms with E-state index in [9.17, 15) is 5.11 Å². The Hall–Kier alpha value is -0.860. The topological polar surface area (TPSA) is 46.2 Å². The van der Waals surface area contributed by atoms with Crippen LogP contribution in [0.25, 0.3) is 0 Å². The monoisotopic (exact) mass is 179 g/mol. The molecule has 0 bridgehead atoms. The van der Waals surface area contributed by atoms with E-state index in [2.05, 4.69) is 0 Å². The summed E-state index contributed by atoms with van der Waals surface area (Å²) in [7, 11) is 0. The normalized spacial score (nSPS) is 15.5. The van der Waals surface area contributed by atoms with Gasteiger partial charge in [0.2, 0.25) is 0 Å². The minimum atomic E-state index is -0.500. The van der Waals surface area contributed by atoms with E-state index in [1.165, 1.54) is 0 Å². The summed E-state index contributed by atoms with van der Waals surface area (Å²) < 4.78 is 0. The summed E-state index contributed by atoms with van der Waals surface area (Å²) in [4.78, 5) is 0. The first-order valence-electron chi connectivity index (χ1n) is 4.53. The molecule has 0 unspecified atom stereocenters. The van der Waals surface area contributed by atoms with Crippen molar-refractivity contribution in [2.75, 3.05) is 0 Å². The van der Waals surface area contributed by atoms with E-state index in [1.807, 2.05) is 32.0 Å². The molecule has 0 saturated heterocycles. The van der Waals surface area contributed by atoms with Crippen molar-refractivity contribution >= 4 is 0 Å². The number of aryl methyl sites for hydroxylation is 2. The lowest BCUT2D eigenvalue weighted by Gasteiger charge is -2.19. The minimum Gasteiger partial charge on any atom is -0.391 e. The van der Waals surface area contributed by atoms with Crippen molar-refractivity contribution in [2.24, 2.45) is 5.73 Å². The Morgan fingerprint density at radius 3 is 2.08 bits per heavy atom. The Morgan fingerprint density at radius 2 is 1.69 bits per heavy atom. The van der Waals surface area contributed by atoms with Crippen LogP contribution < -0.4 is 5.73 Å². The quantitative estimate of drug-likeness (QED) is 0.725. The van der Waals surface area contributed by atoms with Crippen LogP contribution in [0.3, 0.4) is 0 Å². The van der Waals surface area contributed by atoms with E-state index in [0.717, 1.165) is 16.7 Å². The van der Waals surface area contributed by atoms with Crippen molar-refractivity contribution in [2.45, 2.75) is 32.9 Å². The van der Waals surface area contributed by atoms with Crippen molar-refractivity contribution in [3.8, 4) is 0 Å². The fraction of sp³-hybridized carbons (Fsp3) is 0.455. The summed E-state index contributed by atoms with van der Waals surface area (Å²) in [5.74, 6) is 0. The van der Waals surface area contributed by atoms with Crippen LogP contribution in [-0.4, -0.2) is 11.2 Å². The molecule has 0 radical (unpaired) electrons. The molecule has 2 heteroatoms. The molecule has 0 aromatic heterocycles. The smallest absolute Gasteiger partial charge is 0.0704 e.